The third-order valence-corrected chi connectivity index (χ3v) is 8.45. The molecule has 3 aromatic rings. The van der Waals surface area contributed by atoms with Crippen LogP contribution in [-0.4, -0.2) is 36.5 Å². The van der Waals surface area contributed by atoms with Crippen LogP contribution in [0.4, 0.5) is 11.4 Å². The smallest absolute Gasteiger partial charge is 0.251 e. The van der Waals surface area contributed by atoms with Crippen LogP contribution in [0.15, 0.2) is 70.5 Å². The van der Waals surface area contributed by atoms with Gasteiger partial charge in [-0.3, -0.25) is 4.79 Å². The van der Waals surface area contributed by atoms with Gasteiger partial charge in [0.1, 0.15) is 0 Å². The molecule has 4 nitrogen and oxygen atoms in total. The number of likely N-dealkylation sites (tertiary alicyclic amines) is 1. The Labute approximate surface area is 215 Å². The summed E-state index contributed by atoms with van der Waals surface area (Å²) in [6.45, 7) is 5.93. The summed E-state index contributed by atoms with van der Waals surface area (Å²) < 4.78 is 0. The van der Waals surface area contributed by atoms with Gasteiger partial charge >= 0.3 is 0 Å². The van der Waals surface area contributed by atoms with Crippen molar-refractivity contribution in [2.75, 3.05) is 24.5 Å². The van der Waals surface area contributed by atoms with Crippen LogP contribution in [0, 0.1) is 0 Å². The molecule has 0 bridgehead atoms. The Morgan fingerprint density at radius 1 is 1.00 bits per heavy atom. The van der Waals surface area contributed by atoms with Gasteiger partial charge in [0, 0.05) is 34.5 Å². The highest BCUT2D eigenvalue weighted by Crippen LogP contribution is 2.49. The fraction of sp³-hybridized carbons (Fsp3) is 0.296. The molecule has 3 aromatic carbocycles. The summed E-state index contributed by atoms with van der Waals surface area (Å²) in [6.07, 6.45) is 2.55. The van der Waals surface area contributed by atoms with Crippen LogP contribution < -0.4 is 10.2 Å². The van der Waals surface area contributed by atoms with Crippen molar-refractivity contribution >= 4 is 52.2 Å². The predicted molar refractivity (Wildman–Crippen MR) is 142 cm³/mol. The van der Waals surface area contributed by atoms with Gasteiger partial charge in [-0.25, -0.2) is 0 Å². The molecule has 1 fully saturated rings. The Kier molecular flexibility index (Phi) is 7.07. The van der Waals surface area contributed by atoms with Crippen molar-refractivity contribution in [3.8, 4) is 0 Å². The van der Waals surface area contributed by atoms with Crippen molar-refractivity contribution in [2.45, 2.75) is 42.1 Å². The number of anilines is 2. The summed E-state index contributed by atoms with van der Waals surface area (Å²) in [7, 11) is 0. The minimum Gasteiger partial charge on any atom is -0.348 e. The zero-order chi connectivity index (χ0) is 23.7. The molecule has 34 heavy (non-hydrogen) atoms. The van der Waals surface area contributed by atoms with Crippen molar-refractivity contribution in [3.05, 3.63) is 81.8 Å². The molecular formula is C27H27Cl2N3OS. The molecule has 0 radical (unpaired) electrons. The molecule has 1 amide bonds. The Morgan fingerprint density at radius 3 is 2.59 bits per heavy atom. The zero-order valence-electron chi connectivity index (χ0n) is 19.1. The lowest BCUT2D eigenvalue weighted by molar-refractivity contribution is 0.0951. The number of para-hydroxylation sites is 1. The third-order valence-electron chi connectivity index (χ3n) is 6.46. The highest BCUT2D eigenvalue weighted by Gasteiger charge is 2.29. The lowest BCUT2D eigenvalue weighted by atomic mass is 10.1. The Morgan fingerprint density at radius 2 is 1.76 bits per heavy atom. The molecule has 0 unspecified atom stereocenters. The average molecular weight is 513 g/mol. The maximum Gasteiger partial charge on any atom is 0.251 e. The number of amides is 1. The highest BCUT2D eigenvalue weighted by molar-refractivity contribution is 7.99. The molecule has 0 spiro atoms. The monoisotopic (exact) mass is 511 g/mol. The second kappa shape index (κ2) is 10.2. The second-order valence-electron chi connectivity index (χ2n) is 8.87. The first-order valence-corrected chi connectivity index (χ1v) is 13.2. The van der Waals surface area contributed by atoms with Gasteiger partial charge in [-0.15, -0.1) is 0 Å². The molecule has 1 atom stereocenters. The van der Waals surface area contributed by atoms with E-state index < -0.39 is 0 Å². The van der Waals surface area contributed by atoms with Crippen molar-refractivity contribution < 1.29 is 4.79 Å². The largest absolute Gasteiger partial charge is 0.348 e. The summed E-state index contributed by atoms with van der Waals surface area (Å²) in [5, 5.41) is 3.96. The predicted octanol–water partition coefficient (Wildman–Crippen LogP) is 7.01. The van der Waals surface area contributed by atoms with E-state index in [1.807, 2.05) is 24.3 Å². The van der Waals surface area contributed by atoms with Crippen molar-refractivity contribution in [1.29, 1.82) is 0 Å². The van der Waals surface area contributed by atoms with E-state index in [0.29, 0.717) is 22.2 Å². The van der Waals surface area contributed by atoms with Crippen molar-refractivity contribution in [3.63, 3.8) is 0 Å². The normalized spacial score (nSPS) is 16.1. The fourth-order valence-electron chi connectivity index (χ4n) is 4.78. The van der Waals surface area contributed by atoms with Gasteiger partial charge in [0.2, 0.25) is 0 Å². The molecule has 5 rings (SSSR count). The number of benzene rings is 3. The standard InChI is InChI=1S/C27H27Cl2N3OS/c1-18(17-31-13-4-5-14-31)32-22-9-2-3-10-24(22)34-25-12-11-19(15-23(25)32)27(33)30-16-20-7-6-8-21(28)26(20)29/h2-3,6-12,15,18H,4-5,13-14,16-17H2,1H3,(H,30,33)/t18-/m1/s1. The first-order chi connectivity index (χ1) is 16.5. The third kappa shape index (κ3) is 4.80. The summed E-state index contributed by atoms with van der Waals surface area (Å²) in [5.41, 5.74) is 3.72. The minimum atomic E-state index is -0.130. The van der Waals surface area contributed by atoms with Crippen LogP contribution in [0.3, 0.4) is 0 Å². The lowest BCUT2D eigenvalue weighted by Crippen LogP contribution is -2.40. The molecular weight excluding hydrogens is 485 g/mol. The Hall–Kier alpha value is -2.18. The summed E-state index contributed by atoms with van der Waals surface area (Å²) in [4.78, 5) is 20.4. The summed E-state index contributed by atoms with van der Waals surface area (Å²) >= 11 is 14.2. The maximum atomic E-state index is 13.1. The number of hydrogen-bond acceptors (Lipinski definition) is 4. The maximum absolute atomic E-state index is 13.1. The van der Waals surface area contributed by atoms with Gasteiger partial charge in [0.25, 0.3) is 5.91 Å². The van der Waals surface area contributed by atoms with E-state index in [2.05, 4.69) is 52.4 Å². The number of rotatable bonds is 6. The van der Waals surface area contributed by atoms with Gasteiger partial charge < -0.3 is 15.1 Å². The second-order valence-corrected chi connectivity index (χ2v) is 10.7. The molecule has 7 heteroatoms. The number of halogens is 2. The quantitative estimate of drug-likeness (QED) is 0.385. The van der Waals surface area contributed by atoms with Gasteiger partial charge in [-0.05, 0) is 74.8 Å². The van der Waals surface area contributed by atoms with E-state index >= 15 is 0 Å². The molecule has 0 saturated carbocycles. The highest BCUT2D eigenvalue weighted by atomic mass is 35.5. The first-order valence-electron chi connectivity index (χ1n) is 11.6. The molecule has 1 N–H and O–H groups in total. The SMILES string of the molecule is C[C@H](CN1CCCC1)N1c2ccccc2Sc2ccc(C(=O)NCc3cccc(Cl)c3Cl)cc21. The van der Waals surface area contributed by atoms with Crippen LogP contribution in [-0.2, 0) is 6.54 Å². The van der Waals surface area contributed by atoms with Crippen LogP contribution in [0.25, 0.3) is 0 Å². The van der Waals surface area contributed by atoms with Crippen LogP contribution >= 0.6 is 35.0 Å². The van der Waals surface area contributed by atoms with Gasteiger partial charge in [0.15, 0.2) is 0 Å². The number of carbonyl (C=O) groups is 1. The Balaban J connectivity index is 1.41. The Bertz CT molecular complexity index is 1210. The number of nitrogens with one attached hydrogen (secondary N) is 1. The molecule has 2 heterocycles. The van der Waals surface area contributed by atoms with Gasteiger partial charge in [0.05, 0.1) is 21.4 Å². The number of hydrogen-bond donors (Lipinski definition) is 1. The topological polar surface area (TPSA) is 35.6 Å². The molecule has 1 saturated heterocycles. The first kappa shape index (κ1) is 23.6. The summed E-state index contributed by atoms with van der Waals surface area (Å²) in [6, 6.07) is 20.2. The number of nitrogens with zero attached hydrogens (tertiary/aromatic N) is 2. The number of carbonyl (C=O) groups excluding carboxylic acids is 1. The molecule has 0 aromatic heterocycles. The van der Waals surface area contributed by atoms with E-state index in [4.69, 9.17) is 23.2 Å². The van der Waals surface area contributed by atoms with E-state index in [0.717, 1.165) is 30.9 Å². The van der Waals surface area contributed by atoms with Crippen molar-refractivity contribution in [1.82, 2.24) is 10.2 Å². The van der Waals surface area contributed by atoms with E-state index in [9.17, 15) is 4.79 Å². The van der Waals surface area contributed by atoms with Gasteiger partial charge in [-0.2, -0.15) is 0 Å². The average Bonchev–Trinajstić information content (AvgIpc) is 3.35. The summed E-state index contributed by atoms with van der Waals surface area (Å²) in [5.74, 6) is -0.130. The van der Waals surface area contributed by atoms with Crippen LogP contribution in [0.5, 0.6) is 0 Å². The lowest BCUT2D eigenvalue weighted by Gasteiger charge is -2.39. The number of fused-ring (bicyclic) bond motifs is 2. The molecule has 0 aliphatic carbocycles. The molecule has 2 aliphatic rings. The fourth-order valence-corrected chi connectivity index (χ4v) is 6.22. The molecule has 176 valence electrons. The molecule has 2 aliphatic heterocycles. The van der Waals surface area contributed by atoms with Gasteiger partial charge in [-0.1, -0.05) is 59.2 Å². The zero-order valence-corrected chi connectivity index (χ0v) is 21.4. The van der Waals surface area contributed by atoms with Crippen LogP contribution in [0.2, 0.25) is 10.0 Å². The minimum absolute atomic E-state index is 0.130. The van der Waals surface area contributed by atoms with E-state index in [1.54, 1.807) is 17.8 Å². The van der Waals surface area contributed by atoms with Crippen LogP contribution in [0.1, 0.15) is 35.7 Å². The van der Waals surface area contributed by atoms with E-state index in [-0.39, 0.29) is 11.9 Å². The van der Waals surface area contributed by atoms with E-state index in [1.165, 1.54) is 28.3 Å². The van der Waals surface area contributed by atoms with Crippen molar-refractivity contribution in [2.24, 2.45) is 0 Å².